The lowest BCUT2D eigenvalue weighted by atomic mass is 9.86. The molecule has 0 atom stereocenters. The first-order valence-electron chi connectivity index (χ1n) is 12.7. The molecule has 4 rings (SSSR count). The predicted molar refractivity (Wildman–Crippen MR) is 158 cm³/mol. The van der Waals surface area contributed by atoms with Crippen LogP contribution in [0.15, 0.2) is 42.7 Å². The van der Waals surface area contributed by atoms with Gasteiger partial charge < -0.3 is 24.8 Å². The Labute approximate surface area is 239 Å². The number of rotatable bonds is 9. The zero-order valence-electron chi connectivity index (χ0n) is 22.9. The van der Waals surface area contributed by atoms with Crippen LogP contribution in [0.25, 0.3) is 0 Å². The van der Waals surface area contributed by atoms with Crippen molar-refractivity contribution in [3.63, 3.8) is 0 Å². The van der Waals surface area contributed by atoms with Gasteiger partial charge in [-0.05, 0) is 41.3 Å². The summed E-state index contributed by atoms with van der Waals surface area (Å²) in [4.78, 5) is 24.3. The SMILES string of the molecule is COc1c(NSC)cc(C(C)(C)C)cc1NC(=O)c1ccc(Cl)c(Oc2cc(CN3CCNCC3)ncn2)c1. The summed E-state index contributed by atoms with van der Waals surface area (Å²) in [5.74, 6) is 0.922. The van der Waals surface area contributed by atoms with Crippen molar-refractivity contribution in [2.45, 2.75) is 32.7 Å². The maximum atomic E-state index is 13.4. The number of ether oxygens (including phenoxy) is 2. The van der Waals surface area contributed by atoms with E-state index in [0.717, 1.165) is 43.1 Å². The van der Waals surface area contributed by atoms with Crippen molar-refractivity contribution in [3.8, 4) is 17.4 Å². The molecule has 2 heterocycles. The number of aromatic nitrogens is 2. The molecule has 1 aliphatic heterocycles. The lowest BCUT2D eigenvalue weighted by molar-refractivity contribution is 0.102. The van der Waals surface area contributed by atoms with Crippen molar-refractivity contribution in [1.29, 1.82) is 0 Å². The van der Waals surface area contributed by atoms with E-state index in [1.54, 1.807) is 31.4 Å². The first kappa shape index (κ1) is 28.9. The summed E-state index contributed by atoms with van der Waals surface area (Å²) >= 11 is 7.89. The van der Waals surface area contributed by atoms with E-state index < -0.39 is 0 Å². The number of carbonyl (C=O) groups is 1. The molecule has 0 spiro atoms. The van der Waals surface area contributed by atoms with Crippen LogP contribution in [0.5, 0.6) is 17.4 Å². The molecule has 0 radical (unpaired) electrons. The molecule has 0 aliphatic carbocycles. The average Bonchev–Trinajstić information content (AvgIpc) is 2.90. The maximum absolute atomic E-state index is 13.4. The van der Waals surface area contributed by atoms with Crippen molar-refractivity contribution in [2.75, 3.05) is 49.6 Å². The topological polar surface area (TPSA) is 101 Å². The lowest BCUT2D eigenvalue weighted by Gasteiger charge is -2.26. The summed E-state index contributed by atoms with van der Waals surface area (Å²) in [6, 6.07) is 10.7. The number of methoxy groups -OCH3 is 1. The van der Waals surface area contributed by atoms with Gasteiger partial charge in [-0.3, -0.25) is 9.69 Å². The van der Waals surface area contributed by atoms with Crippen LogP contribution < -0.4 is 24.8 Å². The molecule has 1 amide bonds. The second-order valence-electron chi connectivity index (χ2n) is 10.2. The number of piperazine rings is 1. The predicted octanol–water partition coefficient (Wildman–Crippen LogP) is 5.58. The number of carbonyl (C=O) groups excluding carboxylic acids is 1. The number of hydrogen-bond acceptors (Lipinski definition) is 9. The Hall–Kier alpha value is -3.05. The van der Waals surface area contributed by atoms with E-state index >= 15 is 0 Å². The van der Waals surface area contributed by atoms with Crippen molar-refractivity contribution in [1.82, 2.24) is 20.2 Å². The zero-order chi connectivity index (χ0) is 28.0. The molecule has 3 N–H and O–H groups in total. The molecule has 1 saturated heterocycles. The van der Waals surface area contributed by atoms with E-state index in [1.807, 2.05) is 18.4 Å². The first-order chi connectivity index (χ1) is 18.7. The number of nitrogens with zero attached hydrogens (tertiary/aromatic N) is 3. The third-order valence-electron chi connectivity index (χ3n) is 6.32. The van der Waals surface area contributed by atoms with Gasteiger partial charge in [0.1, 0.15) is 12.1 Å². The van der Waals surface area contributed by atoms with Crippen LogP contribution in [0.3, 0.4) is 0 Å². The third-order valence-corrected chi connectivity index (χ3v) is 7.06. The summed E-state index contributed by atoms with van der Waals surface area (Å²) < 4.78 is 14.9. The molecule has 1 aliphatic rings. The van der Waals surface area contributed by atoms with Gasteiger partial charge in [0.15, 0.2) is 5.75 Å². The molecule has 0 bridgehead atoms. The van der Waals surface area contributed by atoms with Crippen LogP contribution in [-0.2, 0) is 12.0 Å². The number of anilines is 2. The van der Waals surface area contributed by atoms with Crippen LogP contribution in [-0.4, -0.2) is 60.3 Å². The standard InChI is InChI=1S/C28H35ClN6O3S/c1-28(2,3)19-13-22(26(37-4)23(14-19)34-39-5)33-27(36)18-6-7-21(29)24(12-18)38-25-15-20(31-17-32-25)16-35-10-8-30-9-11-35/h6-7,12-15,17,30,34H,8-11,16H2,1-5H3,(H,33,36). The van der Waals surface area contributed by atoms with Gasteiger partial charge >= 0.3 is 0 Å². The van der Waals surface area contributed by atoms with Crippen molar-refractivity contribution >= 4 is 40.8 Å². The van der Waals surface area contributed by atoms with E-state index in [-0.39, 0.29) is 11.3 Å². The molecule has 0 unspecified atom stereocenters. The Balaban J connectivity index is 1.55. The number of amides is 1. The number of hydrogen-bond donors (Lipinski definition) is 3. The Morgan fingerprint density at radius 2 is 1.87 bits per heavy atom. The first-order valence-corrected chi connectivity index (χ1v) is 14.3. The average molecular weight is 571 g/mol. The Morgan fingerprint density at radius 1 is 1.13 bits per heavy atom. The Kier molecular flexibility index (Phi) is 9.55. The molecule has 9 nitrogen and oxygen atoms in total. The highest BCUT2D eigenvalue weighted by atomic mass is 35.5. The Morgan fingerprint density at radius 3 is 2.56 bits per heavy atom. The van der Waals surface area contributed by atoms with Crippen molar-refractivity contribution < 1.29 is 14.3 Å². The highest BCUT2D eigenvalue weighted by Gasteiger charge is 2.22. The van der Waals surface area contributed by atoms with Gasteiger partial charge in [-0.1, -0.05) is 44.3 Å². The van der Waals surface area contributed by atoms with E-state index in [1.165, 1.54) is 18.3 Å². The lowest BCUT2D eigenvalue weighted by Crippen LogP contribution is -2.43. The summed E-state index contributed by atoms with van der Waals surface area (Å²) in [7, 11) is 1.58. The second-order valence-corrected chi connectivity index (χ2v) is 11.3. The van der Waals surface area contributed by atoms with Crippen molar-refractivity contribution in [3.05, 3.63) is 64.6 Å². The van der Waals surface area contributed by atoms with Crippen molar-refractivity contribution in [2.24, 2.45) is 0 Å². The summed E-state index contributed by atoms with van der Waals surface area (Å²) in [5, 5.41) is 6.72. The van der Waals surface area contributed by atoms with Gasteiger partial charge in [-0.15, -0.1) is 0 Å². The van der Waals surface area contributed by atoms with Gasteiger partial charge in [0.05, 0.1) is 29.2 Å². The Bertz CT molecular complexity index is 1310. The minimum Gasteiger partial charge on any atom is -0.492 e. The normalized spacial score (nSPS) is 14.1. The highest BCUT2D eigenvalue weighted by Crippen LogP contribution is 2.40. The molecule has 1 aromatic heterocycles. The fraction of sp³-hybridized carbons (Fsp3) is 0.393. The molecular formula is C28H35ClN6O3S. The summed E-state index contributed by atoms with van der Waals surface area (Å²) in [5.41, 5.74) is 3.50. The van der Waals surface area contributed by atoms with Gasteiger partial charge in [0.2, 0.25) is 5.88 Å². The van der Waals surface area contributed by atoms with E-state index in [2.05, 4.69) is 51.0 Å². The van der Waals surface area contributed by atoms with Gasteiger partial charge in [-0.25, -0.2) is 9.97 Å². The zero-order valence-corrected chi connectivity index (χ0v) is 24.5. The third kappa shape index (κ3) is 7.54. The minimum absolute atomic E-state index is 0.136. The fourth-order valence-electron chi connectivity index (χ4n) is 4.21. The molecule has 208 valence electrons. The molecule has 1 fully saturated rings. The van der Waals surface area contributed by atoms with Gasteiger partial charge in [0, 0.05) is 50.6 Å². The summed E-state index contributed by atoms with van der Waals surface area (Å²) in [6.07, 6.45) is 3.41. The van der Waals surface area contributed by atoms with Crippen LogP contribution in [0.2, 0.25) is 5.02 Å². The number of halogens is 1. The van der Waals surface area contributed by atoms with E-state index in [4.69, 9.17) is 21.1 Å². The molecule has 39 heavy (non-hydrogen) atoms. The second kappa shape index (κ2) is 12.9. The quantitative estimate of drug-likeness (QED) is 0.285. The fourth-order valence-corrected chi connectivity index (χ4v) is 4.74. The van der Waals surface area contributed by atoms with E-state index in [9.17, 15) is 4.79 Å². The monoisotopic (exact) mass is 570 g/mol. The molecule has 0 saturated carbocycles. The van der Waals surface area contributed by atoms with Crippen LogP contribution in [0.1, 0.15) is 42.4 Å². The smallest absolute Gasteiger partial charge is 0.255 e. The largest absolute Gasteiger partial charge is 0.492 e. The van der Waals surface area contributed by atoms with E-state index in [0.29, 0.717) is 40.2 Å². The summed E-state index contributed by atoms with van der Waals surface area (Å²) in [6.45, 7) is 10.9. The van der Waals surface area contributed by atoms with Gasteiger partial charge in [-0.2, -0.15) is 0 Å². The van der Waals surface area contributed by atoms with Gasteiger partial charge in [0.25, 0.3) is 5.91 Å². The number of nitrogens with one attached hydrogen (secondary N) is 3. The van der Waals surface area contributed by atoms with Crippen LogP contribution in [0, 0.1) is 0 Å². The molecular weight excluding hydrogens is 536 g/mol. The molecule has 2 aromatic carbocycles. The molecule has 3 aromatic rings. The highest BCUT2D eigenvalue weighted by molar-refractivity contribution is 7.99. The van der Waals surface area contributed by atoms with Crippen LogP contribution >= 0.6 is 23.5 Å². The molecule has 11 heteroatoms. The maximum Gasteiger partial charge on any atom is 0.255 e. The minimum atomic E-state index is -0.321. The van der Waals surface area contributed by atoms with Crippen LogP contribution in [0.4, 0.5) is 11.4 Å². The number of benzene rings is 2.